The molecule has 144 valence electrons. The number of hydrogen-bond acceptors (Lipinski definition) is 2. The molecule has 2 atom stereocenters. The Morgan fingerprint density at radius 3 is 1.56 bits per heavy atom. The van der Waals surface area contributed by atoms with Crippen molar-refractivity contribution in [3.63, 3.8) is 0 Å². The molecule has 1 aromatic carbocycles. The summed E-state index contributed by atoms with van der Waals surface area (Å²) in [5, 5.41) is 0. The molecule has 1 rings (SSSR count). The Balaban J connectivity index is 2.59. The summed E-state index contributed by atoms with van der Waals surface area (Å²) in [5.41, 5.74) is 1.14. The van der Waals surface area contributed by atoms with Crippen LogP contribution >= 0.6 is 0 Å². The largest absolute Gasteiger partial charge is 0.493 e. The van der Waals surface area contributed by atoms with Gasteiger partial charge in [0.05, 0.1) is 13.2 Å². The molecule has 2 heteroatoms. The van der Waals surface area contributed by atoms with E-state index in [2.05, 4.69) is 52.8 Å². The van der Waals surface area contributed by atoms with E-state index in [0.29, 0.717) is 11.8 Å². The quantitative estimate of drug-likeness (QED) is 0.354. The summed E-state index contributed by atoms with van der Waals surface area (Å²) >= 11 is 0. The summed E-state index contributed by atoms with van der Waals surface area (Å²) < 4.78 is 12.3. The van der Waals surface area contributed by atoms with Crippen LogP contribution in [0.5, 0.6) is 11.5 Å². The van der Waals surface area contributed by atoms with Gasteiger partial charge in [-0.15, -0.1) is 0 Å². The molecule has 0 bridgehead atoms. The van der Waals surface area contributed by atoms with Crippen molar-refractivity contribution in [2.75, 3.05) is 13.2 Å². The fourth-order valence-electron chi connectivity index (χ4n) is 3.12. The van der Waals surface area contributed by atoms with Gasteiger partial charge in [0.2, 0.25) is 0 Å². The molecule has 0 saturated heterocycles. The van der Waals surface area contributed by atoms with Gasteiger partial charge in [-0.25, -0.2) is 0 Å². The minimum Gasteiger partial charge on any atom is -0.493 e. The molecular formula is C23H40O2. The van der Waals surface area contributed by atoms with E-state index >= 15 is 0 Å². The lowest BCUT2D eigenvalue weighted by atomic mass is 10.0. The van der Waals surface area contributed by atoms with Crippen molar-refractivity contribution in [3.05, 3.63) is 23.8 Å². The van der Waals surface area contributed by atoms with Crippen LogP contribution in [0.25, 0.3) is 0 Å². The van der Waals surface area contributed by atoms with Gasteiger partial charge in [-0.05, 0) is 43.7 Å². The van der Waals surface area contributed by atoms with Crippen LogP contribution in [0.15, 0.2) is 18.2 Å². The smallest absolute Gasteiger partial charge is 0.125 e. The minimum absolute atomic E-state index is 0.655. The first kappa shape index (κ1) is 21.9. The Labute approximate surface area is 156 Å². The summed E-state index contributed by atoms with van der Waals surface area (Å²) in [7, 11) is 0. The van der Waals surface area contributed by atoms with E-state index in [4.69, 9.17) is 9.47 Å². The highest BCUT2D eigenvalue weighted by Gasteiger charge is 2.12. The Morgan fingerprint density at radius 1 is 0.760 bits per heavy atom. The first-order valence-electron chi connectivity index (χ1n) is 10.5. The van der Waals surface area contributed by atoms with Gasteiger partial charge in [-0.1, -0.05) is 72.3 Å². The van der Waals surface area contributed by atoms with E-state index in [9.17, 15) is 0 Å². The van der Waals surface area contributed by atoms with Crippen LogP contribution in [0, 0.1) is 18.8 Å². The molecule has 0 spiro atoms. The standard InChI is InChI=1S/C23H40O2/c1-6-10-13-20(8-3)17-24-22-15-12-16-23(19(22)5)25-18-21(9-4)14-11-7-2/h12,15-16,20-21H,6-11,13-14,17-18H2,1-5H3. The van der Waals surface area contributed by atoms with Crippen LogP contribution in [-0.4, -0.2) is 13.2 Å². The van der Waals surface area contributed by atoms with Crippen molar-refractivity contribution in [2.45, 2.75) is 86.0 Å². The lowest BCUT2D eigenvalue weighted by Crippen LogP contribution is -2.13. The van der Waals surface area contributed by atoms with Crippen LogP contribution in [-0.2, 0) is 0 Å². The number of unbranched alkanes of at least 4 members (excludes halogenated alkanes) is 2. The fraction of sp³-hybridized carbons (Fsp3) is 0.739. The molecule has 0 radical (unpaired) electrons. The summed E-state index contributed by atoms with van der Waals surface area (Å²) in [6.07, 6.45) is 10.00. The predicted octanol–water partition coefficient (Wildman–Crippen LogP) is 7.19. The Morgan fingerprint density at radius 2 is 1.20 bits per heavy atom. The maximum absolute atomic E-state index is 6.15. The zero-order valence-corrected chi connectivity index (χ0v) is 17.3. The Hall–Kier alpha value is -1.18. The summed E-state index contributed by atoms with van der Waals surface area (Å²) in [4.78, 5) is 0. The average molecular weight is 349 g/mol. The van der Waals surface area contributed by atoms with Gasteiger partial charge in [-0.2, -0.15) is 0 Å². The van der Waals surface area contributed by atoms with Crippen molar-refractivity contribution in [1.82, 2.24) is 0 Å². The van der Waals surface area contributed by atoms with Gasteiger partial charge in [0.25, 0.3) is 0 Å². The van der Waals surface area contributed by atoms with Crippen LogP contribution < -0.4 is 9.47 Å². The van der Waals surface area contributed by atoms with E-state index in [1.807, 2.05) is 0 Å². The average Bonchev–Trinajstić information content (AvgIpc) is 2.64. The number of rotatable bonds is 14. The molecular weight excluding hydrogens is 308 g/mol. The maximum atomic E-state index is 6.15. The molecule has 0 heterocycles. The highest BCUT2D eigenvalue weighted by atomic mass is 16.5. The van der Waals surface area contributed by atoms with Gasteiger partial charge in [0.15, 0.2) is 0 Å². The van der Waals surface area contributed by atoms with Crippen molar-refractivity contribution in [3.8, 4) is 11.5 Å². The molecule has 0 aromatic heterocycles. The second-order valence-electron chi connectivity index (χ2n) is 7.33. The first-order chi connectivity index (χ1) is 12.2. The lowest BCUT2D eigenvalue weighted by Gasteiger charge is -2.20. The maximum Gasteiger partial charge on any atom is 0.125 e. The van der Waals surface area contributed by atoms with Gasteiger partial charge in [0.1, 0.15) is 11.5 Å². The predicted molar refractivity (Wildman–Crippen MR) is 109 cm³/mol. The molecule has 25 heavy (non-hydrogen) atoms. The molecule has 1 aromatic rings. The fourth-order valence-corrected chi connectivity index (χ4v) is 3.12. The molecule has 0 aliphatic carbocycles. The Kier molecular flexibility index (Phi) is 11.4. The minimum atomic E-state index is 0.655. The zero-order chi connectivity index (χ0) is 18.5. The van der Waals surface area contributed by atoms with Gasteiger partial charge >= 0.3 is 0 Å². The molecule has 0 amide bonds. The Bertz CT molecular complexity index is 417. The molecule has 2 unspecified atom stereocenters. The van der Waals surface area contributed by atoms with Crippen LogP contribution in [0.3, 0.4) is 0 Å². The SMILES string of the molecule is CCCCC(CC)COc1cccc(OCC(CC)CCCC)c1C. The summed E-state index contributed by atoms with van der Waals surface area (Å²) in [6.45, 7) is 12.8. The van der Waals surface area contributed by atoms with Crippen molar-refractivity contribution >= 4 is 0 Å². The molecule has 0 aliphatic heterocycles. The second-order valence-corrected chi connectivity index (χ2v) is 7.33. The van der Waals surface area contributed by atoms with Crippen molar-refractivity contribution in [1.29, 1.82) is 0 Å². The number of hydrogen-bond donors (Lipinski definition) is 0. The highest BCUT2D eigenvalue weighted by molar-refractivity contribution is 5.43. The number of benzene rings is 1. The van der Waals surface area contributed by atoms with Crippen molar-refractivity contribution < 1.29 is 9.47 Å². The molecule has 2 nitrogen and oxygen atoms in total. The normalized spacial score (nSPS) is 13.5. The van der Waals surface area contributed by atoms with Crippen molar-refractivity contribution in [2.24, 2.45) is 11.8 Å². The van der Waals surface area contributed by atoms with Crippen LogP contribution in [0.1, 0.15) is 84.6 Å². The molecule has 0 fully saturated rings. The van der Waals surface area contributed by atoms with Crippen LogP contribution in [0.4, 0.5) is 0 Å². The first-order valence-corrected chi connectivity index (χ1v) is 10.5. The van der Waals surface area contributed by atoms with E-state index in [1.54, 1.807) is 0 Å². The molecule has 0 aliphatic rings. The summed E-state index contributed by atoms with van der Waals surface area (Å²) in [6, 6.07) is 6.20. The number of ether oxygens (including phenoxy) is 2. The van der Waals surface area contributed by atoms with E-state index in [-0.39, 0.29) is 0 Å². The third-order valence-electron chi connectivity index (χ3n) is 5.27. The van der Waals surface area contributed by atoms with Crippen LogP contribution in [0.2, 0.25) is 0 Å². The monoisotopic (exact) mass is 348 g/mol. The third-order valence-corrected chi connectivity index (χ3v) is 5.27. The second kappa shape index (κ2) is 13.1. The molecule has 0 saturated carbocycles. The third kappa shape index (κ3) is 8.16. The molecule has 0 N–H and O–H groups in total. The van der Waals surface area contributed by atoms with Gasteiger partial charge < -0.3 is 9.47 Å². The van der Waals surface area contributed by atoms with Gasteiger partial charge in [0, 0.05) is 5.56 Å². The van der Waals surface area contributed by atoms with E-state index in [1.165, 1.54) is 51.4 Å². The topological polar surface area (TPSA) is 18.5 Å². The summed E-state index contributed by atoms with van der Waals surface area (Å²) in [5.74, 6) is 3.27. The van der Waals surface area contributed by atoms with Gasteiger partial charge in [-0.3, -0.25) is 0 Å². The highest BCUT2D eigenvalue weighted by Crippen LogP contribution is 2.29. The van der Waals surface area contributed by atoms with E-state index < -0.39 is 0 Å². The van der Waals surface area contributed by atoms with E-state index in [0.717, 1.165) is 30.3 Å². The zero-order valence-electron chi connectivity index (χ0n) is 17.3. The lowest BCUT2D eigenvalue weighted by molar-refractivity contribution is 0.220.